The van der Waals surface area contributed by atoms with Gasteiger partial charge >= 0.3 is 0 Å². The van der Waals surface area contributed by atoms with Crippen molar-refractivity contribution in [2.24, 2.45) is 0 Å². The van der Waals surface area contributed by atoms with Crippen LogP contribution >= 0.6 is 42.8 Å². The lowest BCUT2D eigenvalue weighted by atomic mass is 10.3. The van der Waals surface area contributed by atoms with Gasteiger partial charge in [-0.05, 0) is 39.2 Å². The molecule has 0 fully saturated rings. The van der Waals surface area contributed by atoms with Gasteiger partial charge in [0.15, 0.2) is 4.34 Å². The summed E-state index contributed by atoms with van der Waals surface area (Å²) >= 11 is 1.77. The summed E-state index contributed by atoms with van der Waals surface area (Å²) in [6.07, 6.45) is 1.24. The molecule has 8 heteroatoms. The number of benzene rings is 1. The van der Waals surface area contributed by atoms with Crippen LogP contribution in [0.5, 0.6) is 0 Å². The zero-order chi connectivity index (χ0) is 14.9. The SMILES string of the molecule is COC(OC)[SiH2]CCCSSSc1nc2ccccc2s1. The number of fused-ring (bicyclic) bond motifs is 1. The van der Waals surface area contributed by atoms with Gasteiger partial charge in [0.2, 0.25) is 0 Å². The molecular formula is C13H19NO2S4Si. The van der Waals surface area contributed by atoms with Gasteiger partial charge in [-0.25, -0.2) is 4.98 Å². The van der Waals surface area contributed by atoms with E-state index >= 15 is 0 Å². The van der Waals surface area contributed by atoms with Crippen molar-refractivity contribution in [3.8, 4) is 0 Å². The summed E-state index contributed by atoms with van der Waals surface area (Å²) in [5, 5.41) is 0. The monoisotopic (exact) mass is 377 g/mol. The van der Waals surface area contributed by atoms with E-state index in [1.165, 1.54) is 22.9 Å². The molecule has 0 radical (unpaired) electrons. The molecule has 1 aromatic carbocycles. The number of thiazole rings is 1. The first-order valence-electron chi connectivity index (χ1n) is 6.71. The molecule has 1 heterocycles. The van der Waals surface area contributed by atoms with E-state index in [-0.39, 0.29) is 15.4 Å². The first-order valence-corrected chi connectivity index (χ1v) is 13.0. The van der Waals surface area contributed by atoms with Crippen LogP contribution < -0.4 is 0 Å². The van der Waals surface area contributed by atoms with Crippen molar-refractivity contribution in [2.45, 2.75) is 22.7 Å². The zero-order valence-electron chi connectivity index (χ0n) is 12.1. The van der Waals surface area contributed by atoms with Crippen LogP contribution in [-0.4, -0.2) is 40.4 Å². The maximum absolute atomic E-state index is 5.23. The highest BCUT2D eigenvalue weighted by atomic mass is 33.5. The molecule has 0 unspecified atom stereocenters. The Morgan fingerprint density at radius 3 is 2.86 bits per heavy atom. The predicted molar refractivity (Wildman–Crippen MR) is 101 cm³/mol. The Balaban J connectivity index is 1.57. The fraction of sp³-hybridized carbons (Fsp3) is 0.462. The average molecular weight is 378 g/mol. The van der Waals surface area contributed by atoms with Crippen LogP contribution in [0, 0.1) is 0 Å². The van der Waals surface area contributed by atoms with Gasteiger partial charge < -0.3 is 9.47 Å². The van der Waals surface area contributed by atoms with Gasteiger partial charge in [0.05, 0.1) is 19.7 Å². The Morgan fingerprint density at radius 1 is 1.29 bits per heavy atom. The van der Waals surface area contributed by atoms with E-state index in [9.17, 15) is 0 Å². The average Bonchev–Trinajstić information content (AvgIpc) is 2.93. The molecule has 2 rings (SSSR count). The van der Waals surface area contributed by atoms with Crippen LogP contribution in [0.3, 0.4) is 0 Å². The number of hydrogen-bond donors (Lipinski definition) is 0. The summed E-state index contributed by atoms with van der Waals surface area (Å²) in [5.74, 6) is 1.26. The molecule has 0 N–H and O–H groups in total. The first-order chi connectivity index (χ1) is 10.3. The van der Waals surface area contributed by atoms with Crippen molar-refractivity contribution in [3.63, 3.8) is 0 Å². The fourth-order valence-corrected chi connectivity index (χ4v) is 8.83. The highest BCUT2D eigenvalue weighted by Crippen LogP contribution is 2.43. The van der Waals surface area contributed by atoms with E-state index < -0.39 is 0 Å². The molecule has 0 aliphatic carbocycles. The number of nitrogens with zero attached hydrogens (tertiary/aromatic N) is 1. The highest BCUT2D eigenvalue weighted by Gasteiger charge is 2.06. The molecule has 0 spiro atoms. The summed E-state index contributed by atoms with van der Waals surface area (Å²) in [4.78, 5) is 4.61. The molecule has 0 atom stereocenters. The third kappa shape index (κ3) is 6.13. The Morgan fingerprint density at radius 2 is 2.10 bits per heavy atom. The quantitative estimate of drug-likeness (QED) is 0.266. The number of para-hydroxylation sites is 1. The van der Waals surface area contributed by atoms with Gasteiger partial charge in [-0.1, -0.05) is 29.0 Å². The lowest BCUT2D eigenvalue weighted by Gasteiger charge is -2.11. The molecule has 3 nitrogen and oxygen atoms in total. The van der Waals surface area contributed by atoms with Crippen LogP contribution in [0.25, 0.3) is 10.2 Å². The minimum atomic E-state index is -0.261. The van der Waals surface area contributed by atoms with Crippen molar-refractivity contribution in [2.75, 3.05) is 20.0 Å². The van der Waals surface area contributed by atoms with Gasteiger partial charge in [0, 0.05) is 20.0 Å². The molecular weight excluding hydrogens is 359 g/mol. The molecule has 1 aromatic heterocycles. The number of ether oxygens (including phenoxy) is 2. The fourth-order valence-electron chi connectivity index (χ4n) is 1.78. The predicted octanol–water partition coefficient (Wildman–Crippen LogP) is 4.24. The minimum Gasteiger partial charge on any atom is -0.360 e. The number of rotatable bonds is 10. The molecule has 0 aliphatic heterocycles. The summed E-state index contributed by atoms with van der Waals surface area (Å²) in [5.41, 5.74) is 1.10. The molecule has 0 saturated carbocycles. The Kier molecular flexibility index (Phi) is 8.52. The van der Waals surface area contributed by atoms with Crippen molar-refractivity contribution in [3.05, 3.63) is 24.3 Å². The minimum absolute atomic E-state index is 0.0831. The van der Waals surface area contributed by atoms with E-state index in [4.69, 9.17) is 9.47 Å². The van der Waals surface area contributed by atoms with Crippen molar-refractivity contribution in [1.82, 2.24) is 4.98 Å². The van der Waals surface area contributed by atoms with Crippen LogP contribution in [0.4, 0.5) is 0 Å². The van der Waals surface area contributed by atoms with E-state index in [1.807, 2.05) is 26.7 Å². The van der Waals surface area contributed by atoms with Gasteiger partial charge in [-0.2, -0.15) is 0 Å². The molecule has 2 aromatic rings. The van der Waals surface area contributed by atoms with Gasteiger partial charge in [0.1, 0.15) is 5.91 Å². The van der Waals surface area contributed by atoms with Gasteiger partial charge in [0.25, 0.3) is 0 Å². The Bertz CT molecular complexity index is 503. The van der Waals surface area contributed by atoms with Crippen LogP contribution in [0.1, 0.15) is 6.42 Å². The van der Waals surface area contributed by atoms with Crippen LogP contribution in [-0.2, 0) is 9.47 Å². The maximum atomic E-state index is 5.23. The van der Waals surface area contributed by atoms with E-state index in [2.05, 4.69) is 23.2 Å². The van der Waals surface area contributed by atoms with Crippen molar-refractivity contribution in [1.29, 1.82) is 0 Å². The normalized spacial score (nSPS) is 12.1. The second-order valence-electron chi connectivity index (χ2n) is 4.32. The van der Waals surface area contributed by atoms with Crippen molar-refractivity contribution >= 4 is 62.5 Å². The summed E-state index contributed by atoms with van der Waals surface area (Å²) in [6.45, 7) is 0. The summed E-state index contributed by atoms with van der Waals surface area (Å²) in [6, 6.07) is 9.57. The van der Waals surface area contributed by atoms with Crippen molar-refractivity contribution < 1.29 is 9.47 Å². The third-order valence-electron chi connectivity index (χ3n) is 2.87. The molecule has 0 aliphatic rings. The smallest absolute Gasteiger partial charge is 0.162 e. The van der Waals surface area contributed by atoms with Gasteiger partial charge in [-0.15, -0.1) is 11.3 Å². The molecule has 0 amide bonds. The lowest BCUT2D eigenvalue weighted by Crippen LogP contribution is -2.20. The third-order valence-corrected chi connectivity index (χ3v) is 10.4. The van der Waals surface area contributed by atoms with E-state index in [0.717, 1.165) is 9.86 Å². The first kappa shape index (κ1) is 17.6. The molecule has 0 saturated heterocycles. The van der Waals surface area contributed by atoms with Crippen LogP contribution in [0.15, 0.2) is 28.6 Å². The highest BCUT2D eigenvalue weighted by molar-refractivity contribution is 9.09. The summed E-state index contributed by atoms with van der Waals surface area (Å²) < 4.78 is 12.9. The van der Waals surface area contributed by atoms with Gasteiger partial charge in [-0.3, -0.25) is 0 Å². The Hall–Kier alpha value is 0.297. The second kappa shape index (κ2) is 10.1. The standard InChI is InChI=1S/C13H19NO2S4Si/c1-15-13(16-2)21-9-5-8-17-20-19-12-14-10-6-3-4-7-11(10)18-12/h3-4,6-7,13H,5,8-9,21H2,1-2H3. The zero-order valence-corrected chi connectivity index (χ0v) is 16.8. The second-order valence-corrected chi connectivity index (χ2v) is 11.7. The Labute approximate surface area is 143 Å². The molecule has 116 valence electrons. The number of aromatic nitrogens is 1. The van der Waals surface area contributed by atoms with E-state index in [1.54, 1.807) is 36.4 Å². The largest absolute Gasteiger partial charge is 0.360 e. The lowest BCUT2D eigenvalue weighted by molar-refractivity contribution is -0.0441. The number of methoxy groups -OCH3 is 2. The molecule has 0 bridgehead atoms. The maximum Gasteiger partial charge on any atom is 0.162 e. The van der Waals surface area contributed by atoms with E-state index in [0.29, 0.717) is 0 Å². The number of hydrogen-bond acceptors (Lipinski definition) is 7. The molecule has 21 heavy (non-hydrogen) atoms. The van der Waals surface area contributed by atoms with Crippen LogP contribution in [0.2, 0.25) is 6.04 Å². The summed E-state index contributed by atoms with van der Waals surface area (Å²) in [7, 11) is 8.69. The topological polar surface area (TPSA) is 31.4 Å².